The summed E-state index contributed by atoms with van der Waals surface area (Å²) in [4.78, 5) is 5.19. The van der Waals surface area contributed by atoms with Crippen LogP contribution in [0.5, 0.6) is 0 Å². The van der Waals surface area contributed by atoms with Crippen LogP contribution in [0, 0.1) is 0 Å². The van der Waals surface area contributed by atoms with Gasteiger partial charge in [-0.1, -0.05) is 164 Å². The summed E-state index contributed by atoms with van der Waals surface area (Å²) >= 11 is 0. The fourth-order valence-electron chi connectivity index (χ4n) is 8.24. The molecule has 0 radical (unpaired) electrons. The molecule has 0 saturated carbocycles. The van der Waals surface area contributed by atoms with Crippen molar-refractivity contribution in [3.63, 3.8) is 0 Å². The summed E-state index contributed by atoms with van der Waals surface area (Å²) in [5.74, 6) is 0.160. The zero-order valence-corrected chi connectivity index (χ0v) is 27.6. The molecule has 0 N–H and O–H groups in total. The molecule has 1 heterocycles. The number of nitrogens with zero attached hydrogens (tertiary/aromatic N) is 1. The minimum atomic E-state index is 0.160. The highest BCUT2D eigenvalue weighted by Crippen LogP contribution is 2.50. The zero-order chi connectivity index (χ0) is 33.0. The lowest BCUT2D eigenvalue weighted by molar-refractivity contribution is 1.02. The summed E-state index contributed by atoms with van der Waals surface area (Å²) in [6.45, 7) is 0. The summed E-state index contributed by atoms with van der Waals surface area (Å²) in [6, 6.07) is 66.4. The van der Waals surface area contributed by atoms with Gasteiger partial charge in [0, 0.05) is 17.0 Å². The maximum atomic E-state index is 5.19. The van der Waals surface area contributed by atoms with Crippen molar-refractivity contribution in [3.8, 4) is 67.0 Å². The van der Waals surface area contributed by atoms with E-state index in [4.69, 9.17) is 4.98 Å². The van der Waals surface area contributed by atoms with Gasteiger partial charge in [0.15, 0.2) is 0 Å². The predicted molar refractivity (Wildman–Crippen MR) is 207 cm³/mol. The van der Waals surface area contributed by atoms with Crippen molar-refractivity contribution in [2.75, 3.05) is 0 Å². The molecule has 0 fully saturated rings. The Morgan fingerprint density at radius 1 is 0.360 bits per heavy atom. The summed E-state index contributed by atoms with van der Waals surface area (Å²) in [6.07, 6.45) is 0.982. The fourth-order valence-corrected chi connectivity index (χ4v) is 8.24. The van der Waals surface area contributed by atoms with Gasteiger partial charge in [-0.25, -0.2) is 4.98 Å². The van der Waals surface area contributed by atoms with E-state index in [9.17, 15) is 0 Å². The van der Waals surface area contributed by atoms with E-state index in [0.29, 0.717) is 0 Å². The predicted octanol–water partition coefficient (Wildman–Crippen LogP) is 12.5. The van der Waals surface area contributed by atoms with Gasteiger partial charge in [0.25, 0.3) is 0 Å². The van der Waals surface area contributed by atoms with Gasteiger partial charge in [-0.2, -0.15) is 0 Å². The number of hydrogen-bond acceptors (Lipinski definition) is 1. The van der Waals surface area contributed by atoms with E-state index in [0.717, 1.165) is 28.9 Å². The Balaban J connectivity index is 1.06. The Bertz CT molecular complexity index is 2490. The van der Waals surface area contributed by atoms with Crippen LogP contribution in [0.1, 0.15) is 33.7 Å². The molecular formula is C49H33N. The van der Waals surface area contributed by atoms with Crippen LogP contribution < -0.4 is 0 Å². The lowest BCUT2D eigenvalue weighted by atomic mass is 9.86. The molecule has 234 valence electrons. The minimum Gasteiger partial charge on any atom is -0.248 e. The molecule has 1 unspecified atom stereocenters. The molecule has 0 bridgehead atoms. The van der Waals surface area contributed by atoms with Crippen molar-refractivity contribution in [1.82, 2.24) is 4.98 Å². The summed E-state index contributed by atoms with van der Waals surface area (Å²) in [5, 5.41) is 0. The third-order valence-corrected chi connectivity index (χ3v) is 10.6. The number of pyridine rings is 1. The molecule has 7 aromatic carbocycles. The molecule has 10 rings (SSSR count). The monoisotopic (exact) mass is 635 g/mol. The largest absolute Gasteiger partial charge is 0.248 e. The van der Waals surface area contributed by atoms with Crippen LogP contribution in [-0.2, 0) is 6.42 Å². The van der Waals surface area contributed by atoms with E-state index < -0.39 is 0 Å². The molecule has 2 aliphatic carbocycles. The average Bonchev–Trinajstić information content (AvgIpc) is 3.74. The molecule has 2 aliphatic rings. The number of rotatable bonds is 5. The second-order valence-electron chi connectivity index (χ2n) is 13.5. The van der Waals surface area contributed by atoms with Gasteiger partial charge in [0.1, 0.15) is 0 Å². The number of hydrogen-bond donors (Lipinski definition) is 0. The first-order valence-electron chi connectivity index (χ1n) is 17.5. The Labute approximate surface area is 293 Å². The first-order valence-corrected chi connectivity index (χ1v) is 17.5. The van der Waals surface area contributed by atoms with Gasteiger partial charge in [0.05, 0.1) is 11.4 Å². The van der Waals surface area contributed by atoms with Crippen LogP contribution in [0.4, 0.5) is 0 Å². The van der Waals surface area contributed by atoms with Crippen molar-refractivity contribution in [2.24, 2.45) is 0 Å². The smallest absolute Gasteiger partial charge is 0.0715 e. The Morgan fingerprint density at radius 3 is 1.72 bits per heavy atom. The Hall–Kier alpha value is -6.31. The average molecular weight is 636 g/mol. The van der Waals surface area contributed by atoms with Crippen LogP contribution in [-0.4, -0.2) is 4.98 Å². The van der Waals surface area contributed by atoms with Crippen LogP contribution in [0.2, 0.25) is 0 Å². The molecule has 1 heteroatoms. The summed E-state index contributed by atoms with van der Waals surface area (Å²) in [5.41, 5.74) is 21.5. The van der Waals surface area contributed by atoms with Crippen LogP contribution >= 0.6 is 0 Å². The topological polar surface area (TPSA) is 12.9 Å². The molecule has 0 amide bonds. The maximum absolute atomic E-state index is 5.19. The number of benzene rings is 7. The van der Waals surface area contributed by atoms with Gasteiger partial charge in [0.2, 0.25) is 0 Å². The molecule has 0 saturated heterocycles. The number of aromatic nitrogens is 1. The molecule has 1 atom stereocenters. The van der Waals surface area contributed by atoms with Crippen LogP contribution in [0.3, 0.4) is 0 Å². The highest BCUT2D eigenvalue weighted by molar-refractivity contribution is 5.88. The van der Waals surface area contributed by atoms with E-state index in [1.165, 1.54) is 72.3 Å². The number of fused-ring (bicyclic) bond motifs is 6. The van der Waals surface area contributed by atoms with Crippen molar-refractivity contribution in [1.29, 1.82) is 0 Å². The first kappa shape index (κ1) is 28.7. The minimum absolute atomic E-state index is 0.160. The normalized spacial score (nSPS) is 13.7. The van der Waals surface area contributed by atoms with Gasteiger partial charge in [-0.15, -0.1) is 0 Å². The molecule has 50 heavy (non-hydrogen) atoms. The van der Waals surface area contributed by atoms with Crippen molar-refractivity contribution in [3.05, 3.63) is 210 Å². The van der Waals surface area contributed by atoms with Crippen LogP contribution in [0.25, 0.3) is 67.0 Å². The van der Waals surface area contributed by atoms with E-state index in [1.807, 2.05) is 0 Å². The lowest BCUT2D eigenvalue weighted by Crippen LogP contribution is -2.00. The highest BCUT2D eigenvalue weighted by atomic mass is 14.7. The lowest BCUT2D eigenvalue weighted by Gasteiger charge is -2.17. The van der Waals surface area contributed by atoms with Gasteiger partial charge in [-0.3, -0.25) is 0 Å². The Kier molecular flexibility index (Phi) is 6.70. The van der Waals surface area contributed by atoms with Gasteiger partial charge >= 0.3 is 0 Å². The molecule has 0 spiro atoms. The fraction of sp³-hybridized carbons (Fsp3) is 0.0408. The molecular weight excluding hydrogens is 603 g/mol. The quantitative estimate of drug-likeness (QED) is 0.183. The second kappa shape index (κ2) is 11.7. The van der Waals surface area contributed by atoms with Crippen molar-refractivity contribution < 1.29 is 0 Å². The molecule has 8 aromatic rings. The molecule has 1 aromatic heterocycles. The third kappa shape index (κ3) is 4.74. The highest BCUT2D eigenvalue weighted by Gasteiger charge is 2.31. The summed E-state index contributed by atoms with van der Waals surface area (Å²) in [7, 11) is 0. The van der Waals surface area contributed by atoms with E-state index >= 15 is 0 Å². The van der Waals surface area contributed by atoms with E-state index in [-0.39, 0.29) is 5.92 Å². The van der Waals surface area contributed by atoms with Crippen molar-refractivity contribution >= 4 is 0 Å². The van der Waals surface area contributed by atoms with Gasteiger partial charge < -0.3 is 0 Å². The maximum Gasteiger partial charge on any atom is 0.0715 e. The molecule has 0 aliphatic heterocycles. The van der Waals surface area contributed by atoms with Gasteiger partial charge in [-0.05, 0) is 96.9 Å². The molecule has 1 nitrogen and oxygen atoms in total. The van der Waals surface area contributed by atoms with Crippen molar-refractivity contribution in [2.45, 2.75) is 12.3 Å². The Morgan fingerprint density at radius 2 is 0.940 bits per heavy atom. The second-order valence-corrected chi connectivity index (χ2v) is 13.5. The standard InChI is InChI=1S/C49H33N/c1-3-12-32(13-4-1)38-30-47(33-14-5-2-6-15-33)50-48(31-38)34-22-24-35(25-23-34)49-44-19-10-9-18-42(44)43-27-26-37(29-46(43)49)40-20-11-21-41-39-17-8-7-16-36(39)28-45(40)41/h1-27,29-31,49H,28H2. The summed E-state index contributed by atoms with van der Waals surface area (Å²) < 4.78 is 0. The van der Waals surface area contributed by atoms with E-state index in [2.05, 4.69) is 182 Å². The first-order chi connectivity index (χ1) is 24.8. The third-order valence-electron chi connectivity index (χ3n) is 10.6. The zero-order valence-electron chi connectivity index (χ0n) is 27.6. The van der Waals surface area contributed by atoms with Crippen LogP contribution in [0.15, 0.2) is 182 Å². The van der Waals surface area contributed by atoms with E-state index in [1.54, 1.807) is 0 Å². The SMILES string of the molecule is c1ccc(-c2cc(-c3ccccc3)nc(-c3ccc(C4c5ccccc5-c5ccc(-c6cccc7c6Cc6ccccc6-7)cc54)cc3)c2)cc1.